The summed E-state index contributed by atoms with van der Waals surface area (Å²) in [6.45, 7) is 7.01. The molecule has 19 heavy (non-hydrogen) atoms. The summed E-state index contributed by atoms with van der Waals surface area (Å²) in [6.07, 6.45) is 2.25. The standard InChI is InChI=1S/C16H26N2O/c1-14(16-8-11-19-13-16)18(10-5-9-17)12-15-6-3-2-4-7-15/h2-4,6-7,14,16H,5,8-13,17H2,1H3. The number of ether oxygens (including phenoxy) is 1. The largest absolute Gasteiger partial charge is 0.381 e. The van der Waals surface area contributed by atoms with Crippen LogP contribution in [-0.4, -0.2) is 37.2 Å². The van der Waals surface area contributed by atoms with Gasteiger partial charge < -0.3 is 10.5 Å². The zero-order valence-corrected chi connectivity index (χ0v) is 11.9. The molecular weight excluding hydrogens is 236 g/mol. The Labute approximate surface area is 116 Å². The van der Waals surface area contributed by atoms with Gasteiger partial charge in [-0.2, -0.15) is 0 Å². The van der Waals surface area contributed by atoms with Crippen molar-refractivity contribution in [3.63, 3.8) is 0 Å². The fourth-order valence-electron chi connectivity index (χ4n) is 2.77. The molecule has 1 aromatic carbocycles. The molecule has 0 aliphatic carbocycles. The molecule has 2 N–H and O–H groups in total. The fourth-order valence-corrected chi connectivity index (χ4v) is 2.77. The molecule has 1 heterocycles. The minimum atomic E-state index is 0.564. The van der Waals surface area contributed by atoms with E-state index in [1.807, 2.05) is 0 Å². The molecule has 2 atom stereocenters. The molecule has 3 heteroatoms. The van der Waals surface area contributed by atoms with E-state index < -0.39 is 0 Å². The maximum atomic E-state index is 5.67. The third-order valence-electron chi connectivity index (χ3n) is 4.10. The summed E-state index contributed by atoms with van der Waals surface area (Å²) in [6, 6.07) is 11.3. The van der Waals surface area contributed by atoms with E-state index in [1.54, 1.807) is 0 Å². The fraction of sp³-hybridized carbons (Fsp3) is 0.625. The van der Waals surface area contributed by atoms with Crippen LogP contribution in [0, 0.1) is 5.92 Å². The minimum absolute atomic E-state index is 0.564. The third-order valence-corrected chi connectivity index (χ3v) is 4.10. The van der Waals surface area contributed by atoms with Gasteiger partial charge in [0.25, 0.3) is 0 Å². The number of nitrogens with zero attached hydrogens (tertiary/aromatic N) is 1. The molecule has 1 saturated heterocycles. The second kappa shape index (κ2) is 7.63. The second-order valence-electron chi connectivity index (χ2n) is 5.46. The van der Waals surface area contributed by atoms with Crippen LogP contribution in [0.5, 0.6) is 0 Å². The van der Waals surface area contributed by atoms with Crippen molar-refractivity contribution in [3.8, 4) is 0 Å². The van der Waals surface area contributed by atoms with Crippen LogP contribution in [0.4, 0.5) is 0 Å². The number of rotatable bonds is 7. The van der Waals surface area contributed by atoms with Crippen LogP contribution in [0.1, 0.15) is 25.3 Å². The first kappa shape index (κ1) is 14.5. The Bertz CT molecular complexity index is 349. The van der Waals surface area contributed by atoms with Crippen LogP contribution in [0.2, 0.25) is 0 Å². The van der Waals surface area contributed by atoms with Gasteiger partial charge in [0.05, 0.1) is 6.61 Å². The first-order valence-corrected chi connectivity index (χ1v) is 7.37. The highest BCUT2D eigenvalue weighted by atomic mass is 16.5. The van der Waals surface area contributed by atoms with Crippen LogP contribution < -0.4 is 5.73 Å². The number of benzene rings is 1. The van der Waals surface area contributed by atoms with Crippen LogP contribution in [0.15, 0.2) is 30.3 Å². The van der Waals surface area contributed by atoms with Crippen molar-refractivity contribution in [2.75, 3.05) is 26.3 Å². The molecule has 0 saturated carbocycles. The molecule has 1 aliphatic rings. The van der Waals surface area contributed by atoms with Gasteiger partial charge in [0.1, 0.15) is 0 Å². The van der Waals surface area contributed by atoms with E-state index in [-0.39, 0.29) is 0 Å². The Balaban J connectivity index is 1.97. The molecule has 0 spiro atoms. The lowest BCUT2D eigenvalue weighted by Crippen LogP contribution is -2.39. The van der Waals surface area contributed by atoms with Gasteiger partial charge in [0.2, 0.25) is 0 Å². The number of hydrogen-bond donors (Lipinski definition) is 1. The summed E-state index contributed by atoms with van der Waals surface area (Å²) in [7, 11) is 0. The normalized spacial score (nSPS) is 20.9. The summed E-state index contributed by atoms with van der Waals surface area (Å²) in [5.41, 5.74) is 7.05. The number of nitrogens with two attached hydrogens (primary N) is 1. The minimum Gasteiger partial charge on any atom is -0.381 e. The molecule has 0 amide bonds. The van der Waals surface area contributed by atoms with E-state index in [9.17, 15) is 0 Å². The van der Waals surface area contributed by atoms with Crippen molar-refractivity contribution < 1.29 is 4.74 Å². The highest BCUT2D eigenvalue weighted by Crippen LogP contribution is 2.22. The van der Waals surface area contributed by atoms with Crippen molar-refractivity contribution in [1.29, 1.82) is 0 Å². The summed E-state index contributed by atoms with van der Waals surface area (Å²) >= 11 is 0. The van der Waals surface area contributed by atoms with Gasteiger partial charge in [-0.3, -0.25) is 4.90 Å². The summed E-state index contributed by atoms with van der Waals surface area (Å²) in [5, 5.41) is 0. The van der Waals surface area contributed by atoms with E-state index in [1.165, 1.54) is 12.0 Å². The average molecular weight is 262 g/mol. The quantitative estimate of drug-likeness (QED) is 0.819. The van der Waals surface area contributed by atoms with Gasteiger partial charge >= 0.3 is 0 Å². The van der Waals surface area contributed by atoms with Gasteiger partial charge in [-0.1, -0.05) is 30.3 Å². The highest BCUT2D eigenvalue weighted by molar-refractivity contribution is 5.14. The predicted molar refractivity (Wildman–Crippen MR) is 78.9 cm³/mol. The molecule has 0 radical (unpaired) electrons. The lowest BCUT2D eigenvalue weighted by molar-refractivity contribution is 0.121. The van der Waals surface area contributed by atoms with Crippen LogP contribution >= 0.6 is 0 Å². The van der Waals surface area contributed by atoms with Gasteiger partial charge in [0.15, 0.2) is 0 Å². The lowest BCUT2D eigenvalue weighted by atomic mass is 9.98. The zero-order chi connectivity index (χ0) is 13.5. The van der Waals surface area contributed by atoms with Crippen LogP contribution in [0.3, 0.4) is 0 Å². The maximum Gasteiger partial charge on any atom is 0.0509 e. The van der Waals surface area contributed by atoms with Crippen LogP contribution in [-0.2, 0) is 11.3 Å². The molecule has 0 aromatic heterocycles. The maximum absolute atomic E-state index is 5.67. The van der Waals surface area contributed by atoms with Crippen molar-refractivity contribution >= 4 is 0 Å². The predicted octanol–water partition coefficient (Wildman–Crippen LogP) is 2.26. The van der Waals surface area contributed by atoms with Crippen LogP contribution in [0.25, 0.3) is 0 Å². The van der Waals surface area contributed by atoms with E-state index >= 15 is 0 Å². The first-order valence-electron chi connectivity index (χ1n) is 7.37. The first-order chi connectivity index (χ1) is 9.31. The van der Waals surface area contributed by atoms with Gasteiger partial charge in [-0.25, -0.2) is 0 Å². The molecule has 1 aliphatic heterocycles. The van der Waals surface area contributed by atoms with Crippen molar-refractivity contribution in [3.05, 3.63) is 35.9 Å². The van der Waals surface area contributed by atoms with Crippen molar-refractivity contribution in [1.82, 2.24) is 4.90 Å². The Kier molecular flexibility index (Phi) is 5.83. The van der Waals surface area contributed by atoms with E-state index in [4.69, 9.17) is 10.5 Å². The SMILES string of the molecule is CC(C1CCOC1)N(CCCN)Cc1ccccc1. The Morgan fingerprint density at radius 3 is 2.79 bits per heavy atom. The summed E-state index contributed by atoms with van der Waals surface area (Å²) in [5.74, 6) is 0.668. The van der Waals surface area contributed by atoms with E-state index in [2.05, 4.69) is 42.2 Å². The molecule has 1 fully saturated rings. The van der Waals surface area contributed by atoms with Crippen molar-refractivity contribution in [2.24, 2.45) is 11.7 Å². The molecule has 0 bridgehead atoms. The highest BCUT2D eigenvalue weighted by Gasteiger charge is 2.26. The smallest absolute Gasteiger partial charge is 0.0509 e. The molecule has 1 aromatic rings. The van der Waals surface area contributed by atoms with Crippen molar-refractivity contribution in [2.45, 2.75) is 32.4 Å². The van der Waals surface area contributed by atoms with E-state index in [0.29, 0.717) is 12.0 Å². The van der Waals surface area contributed by atoms with Gasteiger partial charge in [-0.05, 0) is 44.3 Å². The Morgan fingerprint density at radius 2 is 2.16 bits per heavy atom. The molecule has 3 nitrogen and oxygen atoms in total. The van der Waals surface area contributed by atoms with Gasteiger partial charge in [-0.15, -0.1) is 0 Å². The van der Waals surface area contributed by atoms with E-state index in [0.717, 1.165) is 39.3 Å². The summed E-state index contributed by atoms with van der Waals surface area (Å²) in [4.78, 5) is 2.56. The monoisotopic (exact) mass is 262 g/mol. The molecular formula is C16H26N2O. The molecule has 2 unspecified atom stereocenters. The number of hydrogen-bond acceptors (Lipinski definition) is 3. The summed E-state index contributed by atoms with van der Waals surface area (Å²) < 4.78 is 5.53. The lowest BCUT2D eigenvalue weighted by Gasteiger charge is -2.32. The third kappa shape index (κ3) is 4.30. The average Bonchev–Trinajstić information content (AvgIpc) is 2.98. The zero-order valence-electron chi connectivity index (χ0n) is 11.9. The molecule has 106 valence electrons. The molecule has 2 rings (SSSR count). The topological polar surface area (TPSA) is 38.5 Å². The second-order valence-corrected chi connectivity index (χ2v) is 5.46. The van der Waals surface area contributed by atoms with Gasteiger partial charge in [0, 0.05) is 19.2 Å². The Morgan fingerprint density at radius 1 is 1.37 bits per heavy atom. The Hall–Kier alpha value is -0.900.